The molecule has 3 aromatic carbocycles. The molecule has 1 aliphatic rings. The maximum absolute atomic E-state index is 14.8. The molecule has 1 aliphatic heterocycles. The van der Waals surface area contributed by atoms with Crippen LogP contribution in [0.2, 0.25) is 10.0 Å². The zero-order valence-electron chi connectivity index (χ0n) is 24.5. The van der Waals surface area contributed by atoms with Gasteiger partial charge in [-0.05, 0) is 54.3 Å². The van der Waals surface area contributed by atoms with E-state index in [0.29, 0.717) is 32.3 Å². The Kier molecular flexibility index (Phi) is 9.93. The third-order valence-electron chi connectivity index (χ3n) is 8.08. The lowest BCUT2D eigenvalue weighted by Crippen LogP contribution is -2.68. The number of carboxylic acid groups (broad SMARTS) is 1. The Balaban J connectivity index is 1.96. The number of nitrogens with one attached hydrogen (secondary N) is 3. The van der Waals surface area contributed by atoms with Crippen LogP contribution in [0.25, 0.3) is 0 Å². The van der Waals surface area contributed by atoms with Gasteiger partial charge in [0.1, 0.15) is 11.4 Å². The van der Waals surface area contributed by atoms with E-state index in [1.165, 1.54) is 11.8 Å². The van der Waals surface area contributed by atoms with Crippen LogP contribution in [0.4, 0.5) is 0 Å². The molecule has 0 aliphatic carbocycles. The molecule has 2 amide bonds. The Bertz CT molecular complexity index is 1670. The fourth-order valence-corrected chi connectivity index (χ4v) is 7.20. The van der Waals surface area contributed by atoms with Crippen LogP contribution in [0.15, 0.2) is 72.8 Å². The topological polar surface area (TPSA) is 183 Å². The summed E-state index contributed by atoms with van der Waals surface area (Å²) in [5.74, 6) is -3.01. The molecule has 1 saturated heterocycles. The summed E-state index contributed by atoms with van der Waals surface area (Å²) in [4.78, 5) is 42.8. The number of hydrogen-bond donors (Lipinski definition) is 5. The van der Waals surface area contributed by atoms with Gasteiger partial charge in [0.25, 0.3) is 0 Å². The Hall–Kier alpha value is -3.97. The summed E-state index contributed by atoms with van der Waals surface area (Å²) >= 11 is 12.5. The first-order valence-corrected chi connectivity index (χ1v) is 16.5. The Labute approximate surface area is 271 Å². The van der Waals surface area contributed by atoms with Crippen molar-refractivity contribution in [2.75, 3.05) is 12.8 Å². The van der Waals surface area contributed by atoms with Crippen LogP contribution in [0.5, 0.6) is 0 Å². The van der Waals surface area contributed by atoms with Gasteiger partial charge in [0.05, 0.1) is 24.1 Å². The molecule has 0 unspecified atom stereocenters. The van der Waals surface area contributed by atoms with Gasteiger partial charge in [-0.1, -0.05) is 71.7 Å². The summed E-state index contributed by atoms with van der Waals surface area (Å²) in [6.45, 7) is 1.22. The van der Waals surface area contributed by atoms with Crippen LogP contribution < -0.4 is 15.8 Å². The highest BCUT2D eigenvalue weighted by Crippen LogP contribution is 2.54. The van der Waals surface area contributed by atoms with E-state index in [2.05, 4.69) is 10.0 Å². The molecule has 1 fully saturated rings. The third kappa shape index (κ3) is 6.84. The second-order valence-electron chi connectivity index (χ2n) is 11.0. The highest BCUT2D eigenvalue weighted by Gasteiger charge is 2.67. The van der Waals surface area contributed by atoms with Gasteiger partial charge in [-0.15, -0.1) is 0 Å². The van der Waals surface area contributed by atoms with E-state index >= 15 is 0 Å². The van der Waals surface area contributed by atoms with Crippen molar-refractivity contribution in [2.24, 2.45) is 5.73 Å². The fourth-order valence-electron chi connectivity index (χ4n) is 6.21. The SMILES string of the molecule is C[C@H](NS(C)(=O)=O)C(=O)N1CCC(c2ccc(Cl)cc2)(c2ccc(Cl)cc2)[C@@]1(CC(=O)O)C(=O)NCc1ccc(C(=N)N)cc1. The molecule has 2 atom stereocenters. The molecule has 0 spiro atoms. The van der Waals surface area contributed by atoms with Crippen molar-refractivity contribution in [3.05, 3.63) is 105 Å². The first-order valence-electron chi connectivity index (χ1n) is 13.8. The van der Waals surface area contributed by atoms with Crippen molar-refractivity contribution < 1.29 is 27.9 Å². The van der Waals surface area contributed by atoms with Crippen LogP contribution >= 0.6 is 23.2 Å². The van der Waals surface area contributed by atoms with E-state index in [-0.39, 0.29) is 25.3 Å². The van der Waals surface area contributed by atoms with Crippen LogP contribution in [0, 0.1) is 5.41 Å². The number of nitrogens with two attached hydrogens (primary N) is 1. The number of carbonyl (C=O) groups is 3. The third-order valence-corrected chi connectivity index (χ3v) is 9.36. The lowest BCUT2D eigenvalue weighted by Gasteiger charge is -2.48. The van der Waals surface area contributed by atoms with Crippen molar-refractivity contribution in [3.63, 3.8) is 0 Å². The van der Waals surface area contributed by atoms with Crippen molar-refractivity contribution in [1.82, 2.24) is 14.9 Å². The molecular formula is C31H33Cl2N5O6S. The van der Waals surface area contributed by atoms with Gasteiger partial charge >= 0.3 is 5.97 Å². The second kappa shape index (κ2) is 13.2. The number of likely N-dealkylation sites (tertiary alicyclic amines) is 1. The van der Waals surface area contributed by atoms with Crippen molar-refractivity contribution >= 4 is 56.8 Å². The minimum atomic E-state index is -3.84. The number of benzene rings is 3. The number of carbonyl (C=O) groups excluding carboxylic acids is 2. The average Bonchev–Trinajstić information content (AvgIpc) is 3.31. The zero-order chi connectivity index (χ0) is 33.2. The molecule has 0 saturated carbocycles. The largest absolute Gasteiger partial charge is 0.481 e. The summed E-state index contributed by atoms with van der Waals surface area (Å²) in [6.07, 6.45) is 0.202. The molecular weight excluding hydrogens is 641 g/mol. The standard InChI is InChI=1S/C31H33Cl2N5O6S/c1-19(37-45(2,43)44)28(41)38-16-15-30(22-7-11-24(32)12-8-22,23-9-13-25(33)14-10-23)31(38,17-26(39)40)29(42)36-18-20-3-5-21(6-4-20)27(34)35/h3-14,19,37H,15-18H2,1-2H3,(H3,34,35)(H,36,42)(H,39,40)/t19-,31+/m0/s1. The number of aliphatic carboxylic acids is 1. The summed E-state index contributed by atoms with van der Waals surface area (Å²) < 4.78 is 26.4. The summed E-state index contributed by atoms with van der Waals surface area (Å²) in [5.41, 5.74) is 4.19. The molecule has 3 aromatic rings. The minimum Gasteiger partial charge on any atom is -0.481 e. The molecule has 45 heavy (non-hydrogen) atoms. The average molecular weight is 675 g/mol. The van der Waals surface area contributed by atoms with E-state index in [9.17, 15) is 27.9 Å². The number of carboxylic acids is 1. The number of nitrogens with zero attached hydrogens (tertiary/aromatic N) is 1. The molecule has 1 heterocycles. The van der Waals surface area contributed by atoms with Gasteiger partial charge in [-0.25, -0.2) is 13.1 Å². The van der Waals surface area contributed by atoms with Gasteiger partial charge in [0, 0.05) is 28.7 Å². The van der Waals surface area contributed by atoms with E-state index in [1.807, 2.05) is 0 Å². The van der Waals surface area contributed by atoms with Crippen LogP contribution in [0.3, 0.4) is 0 Å². The molecule has 11 nitrogen and oxygen atoms in total. The Morgan fingerprint density at radius 2 is 1.49 bits per heavy atom. The Morgan fingerprint density at radius 1 is 0.978 bits per heavy atom. The quantitative estimate of drug-likeness (QED) is 0.153. The number of sulfonamides is 1. The number of amidine groups is 1. The van der Waals surface area contributed by atoms with E-state index < -0.39 is 51.2 Å². The first-order chi connectivity index (χ1) is 21.1. The zero-order valence-corrected chi connectivity index (χ0v) is 26.8. The fraction of sp³-hybridized carbons (Fsp3) is 0.290. The van der Waals surface area contributed by atoms with E-state index in [0.717, 1.165) is 6.26 Å². The summed E-state index contributed by atoms with van der Waals surface area (Å²) in [7, 11) is -3.84. The molecule has 0 aromatic heterocycles. The predicted octanol–water partition coefficient (Wildman–Crippen LogP) is 3.26. The molecule has 4 rings (SSSR count). The molecule has 238 valence electrons. The van der Waals surface area contributed by atoms with Crippen molar-refractivity contribution in [1.29, 1.82) is 5.41 Å². The normalized spacial score (nSPS) is 18.3. The summed E-state index contributed by atoms with van der Waals surface area (Å²) in [5, 5.41) is 21.7. The molecule has 0 radical (unpaired) electrons. The summed E-state index contributed by atoms with van der Waals surface area (Å²) in [6, 6.07) is 18.5. The van der Waals surface area contributed by atoms with Gasteiger partial charge in [-0.2, -0.15) is 0 Å². The lowest BCUT2D eigenvalue weighted by molar-refractivity contribution is -0.155. The smallest absolute Gasteiger partial charge is 0.306 e. The molecule has 0 bridgehead atoms. The van der Waals surface area contributed by atoms with Gasteiger partial charge in [-0.3, -0.25) is 19.8 Å². The van der Waals surface area contributed by atoms with E-state index in [4.69, 9.17) is 34.3 Å². The molecule has 14 heteroatoms. The van der Waals surface area contributed by atoms with Gasteiger partial charge in [0.15, 0.2) is 0 Å². The van der Waals surface area contributed by atoms with E-state index in [1.54, 1.807) is 72.8 Å². The van der Waals surface area contributed by atoms with Gasteiger partial charge < -0.3 is 21.1 Å². The lowest BCUT2D eigenvalue weighted by atomic mass is 9.59. The molecule has 6 N–H and O–H groups in total. The first kappa shape index (κ1) is 33.9. The number of halogens is 2. The van der Waals surface area contributed by atoms with Crippen LogP contribution in [-0.4, -0.2) is 66.4 Å². The minimum absolute atomic E-state index is 0.0467. The Morgan fingerprint density at radius 3 is 1.93 bits per heavy atom. The monoisotopic (exact) mass is 673 g/mol. The van der Waals surface area contributed by atoms with Crippen LogP contribution in [-0.2, 0) is 36.4 Å². The highest BCUT2D eigenvalue weighted by molar-refractivity contribution is 7.88. The maximum atomic E-state index is 14.8. The van der Waals surface area contributed by atoms with Crippen molar-refractivity contribution in [3.8, 4) is 0 Å². The predicted molar refractivity (Wildman–Crippen MR) is 172 cm³/mol. The van der Waals surface area contributed by atoms with Crippen molar-refractivity contribution in [2.45, 2.75) is 43.3 Å². The number of amides is 2. The van der Waals surface area contributed by atoms with Gasteiger partial charge in [0.2, 0.25) is 21.8 Å². The second-order valence-corrected chi connectivity index (χ2v) is 13.6. The highest BCUT2D eigenvalue weighted by atomic mass is 35.5. The number of nitrogen functional groups attached to an aromatic ring is 1. The van der Waals surface area contributed by atoms with Crippen LogP contribution in [0.1, 0.15) is 42.0 Å². The number of hydrogen-bond acceptors (Lipinski definition) is 6. The maximum Gasteiger partial charge on any atom is 0.306 e. The number of rotatable bonds is 11.